The molecule has 0 spiro atoms. The highest BCUT2D eigenvalue weighted by Gasteiger charge is 2.36. The molecule has 4 rings (SSSR count). The van der Waals surface area contributed by atoms with Crippen LogP contribution in [0.5, 0.6) is 0 Å². The van der Waals surface area contributed by atoms with Crippen molar-refractivity contribution in [2.75, 3.05) is 11.4 Å². The van der Waals surface area contributed by atoms with Crippen LogP contribution >= 0.6 is 0 Å². The molecule has 2 aliphatic heterocycles. The van der Waals surface area contributed by atoms with Gasteiger partial charge in [-0.1, -0.05) is 29.4 Å². The van der Waals surface area contributed by atoms with E-state index in [9.17, 15) is 10.0 Å². The lowest BCUT2D eigenvalue weighted by Gasteiger charge is -2.42. The van der Waals surface area contributed by atoms with E-state index in [1.165, 1.54) is 0 Å². The lowest BCUT2D eigenvalue weighted by atomic mass is 9.92. The Hall–Kier alpha value is -3.33. The zero-order valence-electron chi connectivity index (χ0n) is 12.7. The molecule has 0 aromatic heterocycles. The number of hydrogen-bond donors (Lipinski definition) is 2. The van der Waals surface area contributed by atoms with Crippen molar-refractivity contribution in [2.24, 2.45) is 5.16 Å². The zero-order chi connectivity index (χ0) is 16.7. The van der Waals surface area contributed by atoms with Crippen molar-refractivity contribution in [2.45, 2.75) is 12.6 Å². The Labute approximate surface area is 138 Å². The Bertz CT molecular complexity index is 896. The van der Waals surface area contributed by atoms with Crippen LogP contribution in [0, 0.1) is 11.3 Å². The second-order valence-electron chi connectivity index (χ2n) is 5.80. The van der Waals surface area contributed by atoms with Crippen LogP contribution in [0.15, 0.2) is 47.6 Å². The molecule has 0 bridgehead atoms. The predicted molar refractivity (Wildman–Crippen MR) is 88.1 cm³/mol. The summed E-state index contributed by atoms with van der Waals surface area (Å²) in [7, 11) is 0. The van der Waals surface area contributed by atoms with E-state index in [0.29, 0.717) is 29.8 Å². The molecule has 2 aliphatic rings. The van der Waals surface area contributed by atoms with Gasteiger partial charge in [-0.25, -0.2) is 0 Å². The lowest BCUT2D eigenvalue weighted by molar-refractivity contribution is 0.0926. The second kappa shape index (κ2) is 5.39. The topological polar surface area (TPSA) is 88.7 Å². The molecular weight excluding hydrogens is 304 g/mol. The van der Waals surface area contributed by atoms with Crippen LogP contribution in [0.3, 0.4) is 0 Å². The summed E-state index contributed by atoms with van der Waals surface area (Å²) in [6.45, 7) is 0.633. The second-order valence-corrected chi connectivity index (χ2v) is 5.80. The van der Waals surface area contributed by atoms with Crippen molar-refractivity contribution in [1.29, 1.82) is 5.26 Å². The smallest absolute Gasteiger partial charge is 0.255 e. The summed E-state index contributed by atoms with van der Waals surface area (Å²) >= 11 is 0. The molecule has 0 saturated carbocycles. The predicted octanol–water partition coefficient (Wildman–Crippen LogP) is 2.39. The quantitative estimate of drug-likeness (QED) is 0.624. The number of carbonyl (C=O) groups excluding carboxylic acids is 1. The van der Waals surface area contributed by atoms with E-state index in [2.05, 4.69) is 21.4 Å². The molecule has 0 aliphatic carbocycles. The molecule has 6 heteroatoms. The van der Waals surface area contributed by atoms with Gasteiger partial charge >= 0.3 is 0 Å². The van der Waals surface area contributed by atoms with E-state index in [0.717, 1.165) is 16.8 Å². The monoisotopic (exact) mass is 318 g/mol. The van der Waals surface area contributed by atoms with Crippen LogP contribution in [0.2, 0.25) is 0 Å². The van der Waals surface area contributed by atoms with Crippen molar-refractivity contribution >= 4 is 17.3 Å². The number of benzene rings is 2. The van der Waals surface area contributed by atoms with Crippen molar-refractivity contribution in [3.63, 3.8) is 0 Å². The van der Waals surface area contributed by atoms with Crippen LogP contribution in [-0.2, 0) is 0 Å². The van der Waals surface area contributed by atoms with Crippen LogP contribution in [0.1, 0.15) is 39.6 Å². The highest BCUT2D eigenvalue weighted by molar-refractivity contribution is 6.13. The fraction of sp³-hybridized carbons (Fsp3) is 0.167. The number of nitriles is 1. The molecule has 1 atom stereocenters. The molecule has 2 N–H and O–H groups in total. The maximum Gasteiger partial charge on any atom is 0.255 e. The SMILES string of the molecule is N#Cc1ccc(C2NC(=O)c3cccc4c3N2CCC4=NO)cc1. The number of oxime groups is 1. The third kappa shape index (κ3) is 2.02. The maximum atomic E-state index is 12.5. The number of rotatable bonds is 1. The summed E-state index contributed by atoms with van der Waals surface area (Å²) < 4.78 is 0. The number of hydrogen-bond acceptors (Lipinski definition) is 5. The first-order valence-corrected chi connectivity index (χ1v) is 7.65. The Balaban J connectivity index is 1.84. The Morgan fingerprint density at radius 2 is 1.96 bits per heavy atom. The number of amides is 1. The highest BCUT2D eigenvalue weighted by atomic mass is 16.4. The van der Waals surface area contributed by atoms with Gasteiger partial charge in [0.1, 0.15) is 6.17 Å². The molecule has 1 amide bonds. The van der Waals surface area contributed by atoms with Gasteiger partial charge in [-0.15, -0.1) is 0 Å². The first-order chi connectivity index (χ1) is 11.7. The molecule has 0 radical (unpaired) electrons. The maximum absolute atomic E-state index is 12.5. The van der Waals surface area contributed by atoms with Crippen molar-refractivity contribution in [1.82, 2.24) is 5.32 Å². The first-order valence-electron chi connectivity index (χ1n) is 7.65. The number of nitrogens with zero attached hydrogens (tertiary/aromatic N) is 3. The summed E-state index contributed by atoms with van der Waals surface area (Å²) in [4.78, 5) is 14.6. The average molecular weight is 318 g/mol. The number of anilines is 1. The molecule has 118 valence electrons. The van der Waals surface area contributed by atoms with Crippen LogP contribution in [0.4, 0.5) is 5.69 Å². The van der Waals surface area contributed by atoms with Crippen LogP contribution in [-0.4, -0.2) is 23.4 Å². The van der Waals surface area contributed by atoms with E-state index in [4.69, 9.17) is 5.26 Å². The van der Waals surface area contributed by atoms with E-state index < -0.39 is 0 Å². The third-order valence-corrected chi connectivity index (χ3v) is 4.52. The molecule has 2 aromatic carbocycles. The largest absolute Gasteiger partial charge is 0.411 e. The zero-order valence-corrected chi connectivity index (χ0v) is 12.7. The molecule has 0 saturated heterocycles. The molecule has 2 aromatic rings. The molecule has 0 fully saturated rings. The van der Waals surface area contributed by atoms with Gasteiger partial charge in [0.25, 0.3) is 5.91 Å². The minimum absolute atomic E-state index is 0.156. The minimum atomic E-state index is -0.306. The highest BCUT2D eigenvalue weighted by Crippen LogP contribution is 2.39. The van der Waals surface area contributed by atoms with Gasteiger partial charge in [-0.2, -0.15) is 5.26 Å². The Morgan fingerprint density at radius 3 is 2.67 bits per heavy atom. The minimum Gasteiger partial charge on any atom is -0.411 e. The lowest BCUT2D eigenvalue weighted by Crippen LogP contribution is -2.49. The number of nitrogens with one attached hydrogen (secondary N) is 1. The van der Waals surface area contributed by atoms with Gasteiger partial charge in [0, 0.05) is 18.5 Å². The van der Waals surface area contributed by atoms with Gasteiger partial charge in [0.15, 0.2) is 0 Å². The molecule has 2 heterocycles. The van der Waals surface area contributed by atoms with E-state index in [1.54, 1.807) is 24.3 Å². The van der Waals surface area contributed by atoms with Crippen LogP contribution < -0.4 is 10.2 Å². The Kier molecular flexibility index (Phi) is 3.21. The van der Waals surface area contributed by atoms with Gasteiger partial charge in [-0.05, 0) is 23.8 Å². The van der Waals surface area contributed by atoms with Crippen LogP contribution in [0.25, 0.3) is 0 Å². The Morgan fingerprint density at radius 1 is 1.21 bits per heavy atom. The molecule has 24 heavy (non-hydrogen) atoms. The molecule has 6 nitrogen and oxygen atoms in total. The number of carbonyl (C=O) groups is 1. The average Bonchev–Trinajstić information content (AvgIpc) is 2.64. The number of para-hydroxylation sites is 1. The van der Waals surface area contributed by atoms with Crippen molar-refractivity contribution in [3.05, 3.63) is 64.7 Å². The van der Waals surface area contributed by atoms with Gasteiger partial charge in [0.05, 0.1) is 28.6 Å². The third-order valence-electron chi connectivity index (χ3n) is 4.52. The molecular formula is C18H14N4O2. The summed E-state index contributed by atoms with van der Waals surface area (Å²) in [5.74, 6) is -0.156. The summed E-state index contributed by atoms with van der Waals surface area (Å²) in [6, 6.07) is 14.7. The molecule has 1 unspecified atom stereocenters. The summed E-state index contributed by atoms with van der Waals surface area (Å²) in [5.41, 5.74) is 4.25. The fourth-order valence-corrected chi connectivity index (χ4v) is 3.39. The van der Waals surface area contributed by atoms with Crippen molar-refractivity contribution in [3.8, 4) is 6.07 Å². The standard InChI is InChI=1S/C18H14N4O2/c19-10-11-4-6-12(7-5-11)17-20-18(23)14-3-1-2-13-15(21-24)8-9-22(17)16(13)14/h1-7,17,24H,8-9H2,(H,20,23). The fourth-order valence-electron chi connectivity index (χ4n) is 3.39. The van der Waals surface area contributed by atoms with E-state index in [1.807, 2.05) is 18.2 Å². The van der Waals surface area contributed by atoms with E-state index in [-0.39, 0.29) is 12.1 Å². The van der Waals surface area contributed by atoms with E-state index >= 15 is 0 Å². The first kappa shape index (κ1) is 14.3. The normalized spacial score (nSPS) is 20.3. The van der Waals surface area contributed by atoms with Gasteiger partial charge in [0.2, 0.25) is 0 Å². The summed E-state index contributed by atoms with van der Waals surface area (Å²) in [6.07, 6.45) is 0.287. The van der Waals surface area contributed by atoms with Gasteiger partial charge < -0.3 is 15.4 Å². The van der Waals surface area contributed by atoms with Gasteiger partial charge in [-0.3, -0.25) is 4.79 Å². The summed E-state index contributed by atoms with van der Waals surface area (Å²) in [5, 5.41) is 24.6. The van der Waals surface area contributed by atoms with Crippen molar-refractivity contribution < 1.29 is 10.0 Å².